The molecule has 2 aliphatic rings. The Labute approximate surface area is 171 Å². The van der Waals surface area contributed by atoms with Crippen LogP contribution in [0.5, 0.6) is 0 Å². The average molecular weight is 386 g/mol. The molecule has 0 saturated heterocycles. The van der Waals surface area contributed by atoms with Crippen molar-refractivity contribution < 1.29 is 4.79 Å². The minimum atomic E-state index is 0.0903. The van der Waals surface area contributed by atoms with Gasteiger partial charge in [0.1, 0.15) is 0 Å². The quantitative estimate of drug-likeness (QED) is 0.639. The molecule has 5 heteroatoms. The van der Waals surface area contributed by atoms with E-state index in [2.05, 4.69) is 28.6 Å². The molecule has 29 heavy (non-hydrogen) atoms. The molecule has 5 rings (SSSR count). The minimum Gasteiger partial charge on any atom is -0.339 e. The highest BCUT2D eigenvalue weighted by molar-refractivity contribution is 5.94. The van der Waals surface area contributed by atoms with E-state index >= 15 is 0 Å². The second kappa shape index (κ2) is 7.47. The summed E-state index contributed by atoms with van der Waals surface area (Å²) in [6.07, 6.45) is 7.60. The Morgan fingerprint density at radius 3 is 2.41 bits per heavy atom. The van der Waals surface area contributed by atoms with Gasteiger partial charge in [0, 0.05) is 30.8 Å². The van der Waals surface area contributed by atoms with E-state index in [1.54, 1.807) is 0 Å². The van der Waals surface area contributed by atoms with Gasteiger partial charge in [-0.15, -0.1) is 5.10 Å². The van der Waals surface area contributed by atoms with Crippen LogP contribution in [0.1, 0.15) is 60.1 Å². The number of nitrogens with zero attached hydrogens (tertiary/aromatic N) is 4. The lowest BCUT2D eigenvalue weighted by Gasteiger charge is -2.25. The Balaban J connectivity index is 1.24. The topological polar surface area (TPSA) is 51.0 Å². The maximum atomic E-state index is 13.0. The van der Waals surface area contributed by atoms with Gasteiger partial charge in [0.25, 0.3) is 5.91 Å². The van der Waals surface area contributed by atoms with E-state index in [0.29, 0.717) is 12.0 Å². The van der Waals surface area contributed by atoms with E-state index in [0.717, 1.165) is 41.6 Å². The maximum absolute atomic E-state index is 13.0. The fourth-order valence-corrected chi connectivity index (χ4v) is 4.37. The van der Waals surface area contributed by atoms with Gasteiger partial charge < -0.3 is 4.90 Å². The summed E-state index contributed by atoms with van der Waals surface area (Å²) in [6, 6.07) is 18.8. The Morgan fingerprint density at radius 2 is 1.69 bits per heavy atom. The van der Waals surface area contributed by atoms with Gasteiger partial charge in [-0.1, -0.05) is 47.7 Å². The molecule has 1 amide bonds. The van der Waals surface area contributed by atoms with Crippen LogP contribution in [0.4, 0.5) is 0 Å². The van der Waals surface area contributed by atoms with Crippen LogP contribution in [0.3, 0.4) is 0 Å². The molecular weight excluding hydrogens is 360 g/mol. The lowest BCUT2D eigenvalue weighted by Crippen LogP contribution is -2.35. The molecule has 2 atom stereocenters. The third-order valence-corrected chi connectivity index (χ3v) is 6.38. The number of hydrogen-bond acceptors (Lipinski definition) is 3. The minimum absolute atomic E-state index is 0.0903. The summed E-state index contributed by atoms with van der Waals surface area (Å²) < 4.78 is 2.03. The van der Waals surface area contributed by atoms with Gasteiger partial charge in [-0.25, -0.2) is 4.68 Å². The summed E-state index contributed by atoms with van der Waals surface area (Å²) in [4.78, 5) is 14.9. The molecule has 0 spiro atoms. The van der Waals surface area contributed by atoms with Gasteiger partial charge >= 0.3 is 0 Å². The van der Waals surface area contributed by atoms with E-state index in [1.807, 2.05) is 59.1 Å². The third kappa shape index (κ3) is 3.69. The van der Waals surface area contributed by atoms with Gasteiger partial charge in [0.2, 0.25) is 0 Å². The summed E-state index contributed by atoms with van der Waals surface area (Å²) in [5.41, 5.74) is 4.17. The monoisotopic (exact) mass is 386 g/mol. The first-order chi connectivity index (χ1) is 14.2. The van der Waals surface area contributed by atoms with Crippen LogP contribution in [0.15, 0.2) is 60.8 Å². The molecular formula is C24H26N4O. The van der Waals surface area contributed by atoms with E-state index in [9.17, 15) is 4.79 Å². The van der Waals surface area contributed by atoms with Crippen LogP contribution in [-0.2, 0) is 0 Å². The number of aromatic nitrogens is 3. The highest BCUT2D eigenvalue weighted by Gasteiger charge is 2.33. The average Bonchev–Trinajstić information content (AvgIpc) is 3.30. The number of carbonyl (C=O) groups is 1. The molecule has 1 heterocycles. The number of rotatable bonds is 5. The standard InChI is InChI=1S/C24H26N4O/c1-27(21-13-14-22(15-21)28-16-23(25-26-28)19-9-10-19)24(29)20-11-7-18(8-12-20)17-5-3-2-4-6-17/h2-8,11-12,16,19,21-22H,9-10,13-15H2,1H3. The fourth-order valence-electron chi connectivity index (χ4n) is 4.37. The van der Waals surface area contributed by atoms with Crippen molar-refractivity contribution >= 4 is 5.91 Å². The highest BCUT2D eigenvalue weighted by Crippen LogP contribution is 2.40. The third-order valence-electron chi connectivity index (χ3n) is 6.38. The van der Waals surface area contributed by atoms with E-state index in [1.165, 1.54) is 12.8 Å². The van der Waals surface area contributed by atoms with Gasteiger partial charge in [-0.05, 0) is 55.4 Å². The van der Waals surface area contributed by atoms with E-state index in [4.69, 9.17) is 0 Å². The molecule has 0 radical (unpaired) electrons. The molecule has 5 nitrogen and oxygen atoms in total. The summed E-state index contributed by atoms with van der Waals surface area (Å²) in [7, 11) is 1.93. The smallest absolute Gasteiger partial charge is 0.253 e. The molecule has 0 aliphatic heterocycles. The second-order valence-corrected chi connectivity index (χ2v) is 8.38. The molecule has 2 fully saturated rings. The fraction of sp³-hybridized carbons (Fsp3) is 0.375. The van der Waals surface area contributed by atoms with Crippen LogP contribution in [0, 0.1) is 0 Å². The summed E-state index contributed by atoms with van der Waals surface area (Å²) >= 11 is 0. The van der Waals surface area contributed by atoms with Crippen molar-refractivity contribution in [1.82, 2.24) is 19.9 Å². The zero-order valence-electron chi connectivity index (χ0n) is 16.7. The second-order valence-electron chi connectivity index (χ2n) is 8.38. The van der Waals surface area contributed by atoms with Gasteiger partial charge in [0.05, 0.1) is 11.7 Å². The van der Waals surface area contributed by atoms with Gasteiger partial charge in [-0.3, -0.25) is 4.79 Å². The van der Waals surface area contributed by atoms with Crippen molar-refractivity contribution in [2.24, 2.45) is 0 Å². The molecule has 1 aromatic heterocycles. The van der Waals surface area contributed by atoms with E-state index < -0.39 is 0 Å². The van der Waals surface area contributed by atoms with Crippen molar-refractivity contribution in [2.45, 2.75) is 50.1 Å². The Kier molecular flexibility index (Phi) is 4.66. The lowest BCUT2D eigenvalue weighted by molar-refractivity contribution is 0.0732. The Morgan fingerprint density at radius 1 is 0.966 bits per heavy atom. The first-order valence-corrected chi connectivity index (χ1v) is 10.5. The lowest BCUT2D eigenvalue weighted by atomic mass is 10.0. The Bertz CT molecular complexity index is 991. The highest BCUT2D eigenvalue weighted by atomic mass is 16.2. The maximum Gasteiger partial charge on any atom is 0.253 e. The van der Waals surface area contributed by atoms with Crippen LogP contribution < -0.4 is 0 Å². The summed E-state index contributed by atoms with van der Waals surface area (Å²) in [5, 5.41) is 8.70. The zero-order chi connectivity index (χ0) is 19.8. The predicted octanol–water partition coefficient (Wildman–Crippen LogP) is 4.69. The largest absolute Gasteiger partial charge is 0.339 e. The van der Waals surface area contributed by atoms with E-state index in [-0.39, 0.29) is 11.9 Å². The van der Waals surface area contributed by atoms with Crippen LogP contribution >= 0.6 is 0 Å². The molecule has 2 saturated carbocycles. The Hall–Kier alpha value is -2.95. The zero-order valence-corrected chi connectivity index (χ0v) is 16.7. The van der Waals surface area contributed by atoms with Crippen molar-refractivity contribution in [3.8, 4) is 11.1 Å². The molecule has 148 valence electrons. The molecule has 3 aromatic rings. The number of carbonyl (C=O) groups excluding carboxylic acids is 1. The van der Waals surface area contributed by atoms with Gasteiger partial charge in [0.15, 0.2) is 0 Å². The number of amides is 1. The van der Waals surface area contributed by atoms with Crippen molar-refractivity contribution in [3.63, 3.8) is 0 Å². The van der Waals surface area contributed by atoms with Crippen molar-refractivity contribution in [3.05, 3.63) is 72.1 Å². The van der Waals surface area contributed by atoms with Crippen LogP contribution in [0.2, 0.25) is 0 Å². The van der Waals surface area contributed by atoms with Crippen molar-refractivity contribution in [2.75, 3.05) is 7.05 Å². The predicted molar refractivity (Wildman–Crippen MR) is 113 cm³/mol. The number of benzene rings is 2. The first kappa shape index (κ1) is 18.1. The van der Waals surface area contributed by atoms with Crippen molar-refractivity contribution in [1.29, 1.82) is 0 Å². The number of hydrogen-bond donors (Lipinski definition) is 0. The summed E-state index contributed by atoms with van der Waals surface area (Å²) in [5.74, 6) is 0.719. The molecule has 0 bridgehead atoms. The molecule has 2 aromatic carbocycles. The van der Waals surface area contributed by atoms with Crippen LogP contribution in [-0.4, -0.2) is 38.9 Å². The molecule has 0 N–H and O–H groups in total. The molecule has 2 unspecified atom stereocenters. The molecule has 2 aliphatic carbocycles. The normalized spacial score (nSPS) is 21.3. The SMILES string of the molecule is CN(C(=O)c1ccc(-c2ccccc2)cc1)C1CCC(n2cc(C3CC3)nn2)C1. The summed E-state index contributed by atoms with van der Waals surface area (Å²) in [6.45, 7) is 0. The van der Waals surface area contributed by atoms with Gasteiger partial charge in [-0.2, -0.15) is 0 Å². The van der Waals surface area contributed by atoms with Crippen LogP contribution in [0.25, 0.3) is 11.1 Å². The first-order valence-electron chi connectivity index (χ1n) is 10.5.